The Bertz CT molecular complexity index is 1600. The van der Waals surface area contributed by atoms with Gasteiger partial charge in [-0.15, -0.1) is 0 Å². The quantitative estimate of drug-likeness (QED) is 0.723. The van der Waals surface area contributed by atoms with Gasteiger partial charge >= 0.3 is 0 Å². The second-order valence-electron chi connectivity index (χ2n) is 5.33. The van der Waals surface area contributed by atoms with E-state index in [-0.39, 0.29) is 5.56 Å². The maximum atomic E-state index is 8.99. The van der Waals surface area contributed by atoms with Gasteiger partial charge in [0.2, 0.25) is 0 Å². The third-order valence-corrected chi connectivity index (χ3v) is 3.52. The normalized spacial score (nSPS) is 32.7. The second kappa shape index (κ2) is 6.06. The van der Waals surface area contributed by atoms with Crippen LogP contribution in [0.25, 0.3) is 10.9 Å². The fourth-order valence-corrected chi connectivity index (χ4v) is 2.46. The van der Waals surface area contributed by atoms with Gasteiger partial charge in [0.25, 0.3) is 0 Å². The summed E-state index contributed by atoms with van der Waals surface area (Å²) in [5, 5.41) is -0.396. The first-order valence-electron chi connectivity index (χ1n) is 15.7. The molecule has 1 aliphatic rings. The molecule has 24 heavy (non-hydrogen) atoms. The molecule has 4 rings (SSSR count). The van der Waals surface area contributed by atoms with Crippen LogP contribution in [0.2, 0.25) is 0 Å². The smallest absolute Gasteiger partial charge is 0.0843 e. The van der Waals surface area contributed by atoms with Gasteiger partial charge in [0, 0.05) is 66.7 Å². The number of fused-ring (bicyclic) bond motifs is 3. The van der Waals surface area contributed by atoms with Gasteiger partial charge in [-0.05, 0) is 56.5 Å². The van der Waals surface area contributed by atoms with E-state index in [1.807, 2.05) is 0 Å². The maximum absolute atomic E-state index is 8.99. The van der Waals surface area contributed by atoms with Crippen molar-refractivity contribution < 1.29 is 23.3 Å². The molecule has 0 aliphatic carbocycles. The number of nitrogens with zero attached hydrogens (tertiary/aromatic N) is 3. The van der Waals surface area contributed by atoms with Crippen molar-refractivity contribution in [2.24, 2.45) is 0 Å². The Morgan fingerprint density at radius 2 is 2.29 bits per heavy atom. The Hall–Kier alpha value is -2.13. The van der Waals surface area contributed by atoms with Gasteiger partial charge in [0.05, 0.1) is 11.0 Å². The highest BCUT2D eigenvalue weighted by Crippen LogP contribution is 2.31. The van der Waals surface area contributed by atoms with Crippen LogP contribution >= 0.6 is 0 Å². The monoisotopic (exact) mass is 336 g/mol. The highest BCUT2D eigenvalue weighted by atomic mass is 15.1. The summed E-state index contributed by atoms with van der Waals surface area (Å²) in [6, 6.07) is -3.40. The average Bonchev–Trinajstić information content (AvgIpc) is 3.23. The minimum atomic E-state index is -3.17. The predicted molar refractivity (Wildman–Crippen MR) is 99.4 cm³/mol. The van der Waals surface area contributed by atoms with Gasteiger partial charge in [-0.1, -0.05) is 17.6 Å². The Kier molecular flexibility index (Phi) is 1.37. The number of rotatable bonds is 3. The number of hydrogen-bond acceptors (Lipinski definition) is 2. The third kappa shape index (κ3) is 2.73. The first-order valence-corrected chi connectivity index (χ1v) is 7.22. The molecular formula is C21H25N3. The SMILES string of the molecule is [2H]c1nc(C([2H])([2H])[2H])c([2H])c([2H])c1CC([2H])([2H])n1c2c(c3c([2H])c(C)c([2H])c([2H])c31)C([2H])([2H])N(C)C([2H])([2H])C2([2H])[2H]. The number of hydrogen-bond donors (Lipinski definition) is 0. The summed E-state index contributed by atoms with van der Waals surface area (Å²) in [6.07, 6.45) is -5.03. The lowest BCUT2D eigenvalue weighted by molar-refractivity contribution is 0.309. The minimum Gasteiger partial charge on any atom is -0.344 e. The highest BCUT2D eigenvalue weighted by Gasteiger charge is 2.22. The zero-order chi connectivity index (χ0) is 31.6. The highest BCUT2D eigenvalue weighted by molar-refractivity contribution is 5.86. The molecule has 2 aromatic heterocycles. The van der Waals surface area contributed by atoms with Crippen molar-refractivity contribution in [1.82, 2.24) is 14.5 Å². The van der Waals surface area contributed by atoms with E-state index in [0.29, 0.717) is 9.47 Å². The van der Waals surface area contributed by atoms with Crippen LogP contribution in [0.1, 0.15) is 51.4 Å². The Morgan fingerprint density at radius 3 is 3.17 bits per heavy atom. The van der Waals surface area contributed by atoms with E-state index in [1.165, 1.54) is 6.92 Å². The lowest BCUT2D eigenvalue weighted by atomic mass is 10.0. The molecular weight excluding hydrogens is 294 g/mol. The zero-order valence-corrected chi connectivity index (χ0v) is 13.0. The van der Waals surface area contributed by atoms with Crippen LogP contribution in [0.4, 0.5) is 0 Å². The van der Waals surface area contributed by atoms with Crippen molar-refractivity contribution in [3.05, 3.63) is 64.5 Å². The van der Waals surface area contributed by atoms with Crippen molar-refractivity contribution in [3.63, 3.8) is 0 Å². The van der Waals surface area contributed by atoms with Crippen molar-refractivity contribution >= 4 is 10.9 Å². The number of likely N-dealkylation sites (N-methyl/N-ethyl adjacent to an activating group) is 1. The molecule has 124 valence electrons. The molecule has 0 amide bonds. The Morgan fingerprint density at radius 1 is 1.38 bits per heavy atom. The largest absolute Gasteiger partial charge is 0.344 e. The maximum Gasteiger partial charge on any atom is 0.0843 e. The summed E-state index contributed by atoms with van der Waals surface area (Å²) in [5.41, 5.74) is -3.48. The fourth-order valence-electron chi connectivity index (χ4n) is 2.46. The molecule has 1 aliphatic heterocycles. The van der Waals surface area contributed by atoms with Crippen LogP contribution in [-0.4, -0.2) is 28.0 Å². The summed E-state index contributed by atoms with van der Waals surface area (Å²) in [7, 11) is 0.988. The van der Waals surface area contributed by atoms with Gasteiger partial charge in [0.15, 0.2) is 0 Å². The summed E-state index contributed by atoms with van der Waals surface area (Å²) in [4.78, 5) is 4.06. The molecule has 0 spiro atoms. The lowest BCUT2D eigenvalue weighted by Crippen LogP contribution is -2.27. The average molecular weight is 337 g/mol. The molecule has 0 radical (unpaired) electrons. The zero-order valence-electron chi connectivity index (χ0n) is 30.0. The van der Waals surface area contributed by atoms with E-state index in [0.717, 1.165) is 7.05 Å². The van der Waals surface area contributed by atoms with Gasteiger partial charge in [-0.25, -0.2) is 0 Å². The summed E-state index contributed by atoms with van der Waals surface area (Å²) in [5.74, 6) is 0. The lowest BCUT2D eigenvalue weighted by Gasteiger charge is -2.24. The topological polar surface area (TPSA) is 21.1 Å². The van der Waals surface area contributed by atoms with Gasteiger partial charge in [-0.2, -0.15) is 0 Å². The molecule has 3 nitrogen and oxygen atoms in total. The van der Waals surface area contributed by atoms with Crippen LogP contribution in [0.5, 0.6) is 0 Å². The second-order valence-corrected chi connectivity index (χ2v) is 5.33. The standard InChI is InChI=1S/C21H25N3/c1-15-4-7-20-18(12-15)19-14-23(3)10-9-21(19)24(20)11-8-17-6-5-16(2)22-13-17/h4-7,12-13H,8-11,14H2,1-3H3/i2D3,4D,5D,6D,7D,9D2,10D2,11D2,12D,13D,14D2. The molecule has 0 N–H and O–H groups in total. The molecule has 0 fully saturated rings. The first kappa shape index (κ1) is 5.43. The Labute approximate surface area is 167 Å². The van der Waals surface area contributed by atoms with Crippen molar-refractivity contribution in [1.29, 1.82) is 0 Å². The molecule has 3 heteroatoms. The molecule has 0 bridgehead atoms. The van der Waals surface area contributed by atoms with E-state index < -0.39 is 109 Å². The summed E-state index contributed by atoms with van der Waals surface area (Å²) in [6.45, 7) is -10.5. The van der Waals surface area contributed by atoms with Crippen LogP contribution in [0, 0.1) is 13.8 Å². The number of benzene rings is 1. The predicted octanol–water partition coefficient (Wildman–Crippen LogP) is 3.88. The van der Waals surface area contributed by atoms with Gasteiger partial charge in [0.1, 0.15) is 0 Å². The van der Waals surface area contributed by atoms with Crippen molar-refractivity contribution in [2.45, 2.75) is 39.6 Å². The van der Waals surface area contributed by atoms with Crippen LogP contribution in [0.3, 0.4) is 0 Å². The molecule has 0 unspecified atom stereocenters. The van der Waals surface area contributed by atoms with E-state index in [9.17, 15) is 0 Å². The minimum absolute atomic E-state index is 0.0687. The number of aryl methyl sites for hydroxylation is 2. The molecule has 0 atom stereocenters. The van der Waals surface area contributed by atoms with Crippen LogP contribution in [0.15, 0.2) is 36.4 Å². The van der Waals surface area contributed by atoms with Crippen molar-refractivity contribution in [2.75, 3.05) is 13.5 Å². The first-order chi connectivity index (χ1) is 18.3. The van der Waals surface area contributed by atoms with Crippen LogP contribution < -0.4 is 0 Å². The van der Waals surface area contributed by atoms with Crippen LogP contribution in [-0.2, 0) is 25.8 Å². The van der Waals surface area contributed by atoms with E-state index in [1.54, 1.807) is 0 Å². The summed E-state index contributed by atoms with van der Waals surface area (Å²) >= 11 is 0. The van der Waals surface area contributed by atoms with Gasteiger partial charge in [-0.3, -0.25) is 4.98 Å². The third-order valence-electron chi connectivity index (χ3n) is 3.52. The molecule has 3 heterocycles. The van der Waals surface area contributed by atoms with E-state index in [2.05, 4.69) is 4.98 Å². The van der Waals surface area contributed by atoms with Gasteiger partial charge < -0.3 is 9.47 Å². The summed E-state index contributed by atoms with van der Waals surface area (Å²) < 4.78 is 143. The van der Waals surface area contributed by atoms with Crippen molar-refractivity contribution in [3.8, 4) is 0 Å². The fraction of sp³-hybridized carbons (Fsp3) is 0.381. The number of aromatic nitrogens is 2. The molecule has 1 aromatic carbocycles. The Balaban J connectivity index is 2.18. The molecule has 0 saturated carbocycles. The van der Waals surface area contributed by atoms with E-state index >= 15 is 0 Å². The number of pyridine rings is 1. The van der Waals surface area contributed by atoms with E-state index in [4.69, 9.17) is 23.3 Å². The molecule has 0 saturated heterocycles. The molecule has 3 aromatic rings.